The van der Waals surface area contributed by atoms with Crippen LogP contribution in [0.5, 0.6) is 0 Å². The lowest BCUT2D eigenvalue weighted by Gasteiger charge is -2.12. The predicted octanol–water partition coefficient (Wildman–Crippen LogP) is 2.54. The zero-order valence-corrected chi connectivity index (χ0v) is 14.5. The summed E-state index contributed by atoms with van der Waals surface area (Å²) in [5.41, 5.74) is 0. The highest BCUT2D eigenvalue weighted by Gasteiger charge is 2.00. The van der Waals surface area contributed by atoms with Gasteiger partial charge in [-0.2, -0.15) is 0 Å². The molecule has 6 heteroatoms. The maximum Gasteiger partial charge on any atom is 0.133 e. The minimum Gasteiger partial charge on any atom is -0.412 e. The molecule has 0 spiro atoms. The molecule has 1 aromatic carbocycles. The number of rotatable bonds is 4. The van der Waals surface area contributed by atoms with Crippen molar-refractivity contribution in [3.8, 4) is 0 Å². The first-order valence-electron chi connectivity index (χ1n) is 5.50. The van der Waals surface area contributed by atoms with E-state index in [1.54, 1.807) is 0 Å². The van der Waals surface area contributed by atoms with Gasteiger partial charge in [-0.05, 0) is 25.5 Å². The van der Waals surface area contributed by atoms with Gasteiger partial charge in [-0.3, -0.25) is 0 Å². The average molecular weight is 395 g/mol. The fourth-order valence-corrected chi connectivity index (χ4v) is 1.66. The van der Waals surface area contributed by atoms with Crippen LogP contribution in [0.1, 0.15) is 0 Å². The molecule has 0 bridgehead atoms. The lowest BCUT2D eigenvalue weighted by Crippen LogP contribution is -2.21. The maximum atomic E-state index is 4.37. The van der Waals surface area contributed by atoms with E-state index in [0.717, 1.165) is 18.9 Å². The number of pyridine rings is 1. The van der Waals surface area contributed by atoms with Crippen LogP contribution in [-0.2, 0) is 0 Å². The molecule has 0 aliphatic carbocycles. The van der Waals surface area contributed by atoms with Crippen LogP contribution in [0.3, 0.4) is 0 Å². The molecule has 0 aliphatic heterocycles. The van der Waals surface area contributed by atoms with Crippen molar-refractivity contribution in [2.24, 2.45) is 0 Å². The molecule has 2 rings (SSSR count). The van der Waals surface area contributed by atoms with Crippen LogP contribution in [0.2, 0.25) is 0 Å². The van der Waals surface area contributed by atoms with Crippen molar-refractivity contribution in [1.82, 2.24) is 9.88 Å². The van der Waals surface area contributed by atoms with Crippen LogP contribution in [0.25, 0.3) is 10.8 Å². The summed E-state index contributed by atoms with van der Waals surface area (Å²) in [4.78, 5) is 6.53. The molecular weight excluding hydrogens is 374 g/mol. The normalized spacial score (nSPS) is 9.21. The highest BCUT2D eigenvalue weighted by atomic mass is 79.9. The lowest BCUT2D eigenvalue weighted by atomic mass is 10.1. The molecule has 0 unspecified atom stereocenters. The van der Waals surface area contributed by atoms with E-state index in [4.69, 9.17) is 0 Å². The van der Waals surface area contributed by atoms with Gasteiger partial charge in [0.15, 0.2) is 0 Å². The number of likely N-dealkylation sites (N-methyl/N-ethyl adjacent to an activating group) is 1. The topological polar surface area (TPSA) is 59.7 Å². The number of hydrogen-bond donors (Lipinski definition) is 1. The highest BCUT2D eigenvalue weighted by Crippen LogP contribution is 2.19. The number of fused-ring (bicyclic) bond motifs is 1. The zero-order chi connectivity index (χ0) is 11.4. The third kappa shape index (κ3) is 5.86. The average Bonchev–Trinajstić information content (AvgIpc) is 2.29. The molecule has 0 atom stereocenters. The molecule has 2 aromatic rings. The Hall–Kier alpha value is -0.690. The number of nitrogens with one attached hydrogen (secondary N) is 1. The van der Waals surface area contributed by atoms with Crippen molar-refractivity contribution >= 4 is 50.6 Å². The first-order valence-corrected chi connectivity index (χ1v) is 5.50. The third-order valence-electron chi connectivity index (χ3n) is 2.53. The number of aromatic nitrogens is 1. The number of hydrogen-bond acceptors (Lipinski definition) is 3. The van der Waals surface area contributed by atoms with E-state index in [1.165, 1.54) is 10.8 Å². The van der Waals surface area contributed by atoms with Crippen LogP contribution in [-0.4, -0.2) is 42.5 Å². The Morgan fingerprint density at radius 3 is 2.47 bits per heavy atom. The summed E-state index contributed by atoms with van der Waals surface area (Å²) >= 11 is 0. The number of anilines is 1. The summed E-state index contributed by atoms with van der Waals surface area (Å²) in [6, 6.07) is 10.3. The molecule has 4 nitrogen and oxygen atoms in total. The van der Waals surface area contributed by atoms with Gasteiger partial charge < -0.3 is 15.7 Å². The van der Waals surface area contributed by atoms with Gasteiger partial charge in [0.25, 0.3) is 0 Å². The second-order valence-electron chi connectivity index (χ2n) is 4.11. The van der Waals surface area contributed by atoms with E-state index in [9.17, 15) is 0 Å². The standard InChI is InChI=1S/C13H17N3.2BrH.H2O/c1-16(2)10-9-15-13-12-6-4-3-5-11(12)7-8-14-13;;;/h3-8H,9-10H2,1-2H3,(H,14,15);2*1H;1H2. The summed E-state index contributed by atoms with van der Waals surface area (Å²) in [6.07, 6.45) is 1.85. The van der Waals surface area contributed by atoms with Gasteiger partial charge in [0, 0.05) is 24.7 Å². The first-order chi connectivity index (χ1) is 7.77. The van der Waals surface area contributed by atoms with Gasteiger partial charge in [-0.25, -0.2) is 4.98 Å². The number of benzene rings is 1. The van der Waals surface area contributed by atoms with Crippen LogP contribution >= 0.6 is 34.0 Å². The molecule has 0 radical (unpaired) electrons. The minimum atomic E-state index is 0. The molecule has 0 amide bonds. The summed E-state index contributed by atoms with van der Waals surface area (Å²) in [5, 5.41) is 5.78. The van der Waals surface area contributed by atoms with Crippen molar-refractivity contribution in [1.29, 1.82) is 0 Å². The van der Waals surface area contributed by atoms with Crippen molar-refractivity contribution in [2.75, 3.05) is 32.5 Å². The first kappa shape index (κ1) is 20.6. The van der Waals surface area contributed by atoms with Crippen LogP contribution in [0.4, 0.5) is 5.82 Å². The van der Waals surface area contributed by atoms with Crippen LogP contribution < -0.4 is 5.32 Å². The van der Waals surface area contributed by atoms with Crippen LogP contribution in [0.15, 0.2) is 36.5 Å². The van der Waals surface area contributed by atoms with Gasteiger partial charge >= 0.3 is 0 Å². The second kappa shape index (κ2) is 10.1. The molecule has 19 heavy (non-hydrogen) atoms. The smallest absolute Gasteiger partial charge is 0.133 e. The molecule has 3 N–H and O–H groups in total. The highest BCUT2D eigenvalue weighted by molar-refractivity contribution is 8.93. The van der Waals surface area contributed by atoms with Crippen molar-refractivity contribution in [3.63, 3.8) is 0 Å². The molecule has 0 fully saturated rings. The van der Waals surface area contributed by atoms with Crippen molar-refractivity contribution in [3.05, 3.63) is 36.5 Å². The fourth-order valence-electron chi connectivity index (χ4n) is 1.66. The van der Waals surface area contributed by atoms with Gasteiger partial charge in [0.2, 0.25) is 0 Å². The van der Waals surface area contributed by atoms with E-state index in [-0.39, 0.29) is 39.4 Å². The summed E-state index contributed by atoms with van der Waals surface area (Å²) in [6.45, 7) is 1.92. The zero-order valence-electron chi connectivity index (χ0n) is 11.1. The molecule has 0 saturated heterocycles. The van der Waals surface area contributed by atoms with E-state index < -0.39 is 0 Å². The van der Waals surface area contributed by atoms with E-state index in [1.807, 2.05) is 24.4 Å². The fraction of sp³-hybridized carbons (Fsp3) is 0.308. The summed E-state index contributed by atoms with van der Waals surface area (Å²) in [7, 11) is 4.14. The van der Waals surface area contributed by atoms with E-state index >= 15 is 0 Å². The quantitative estimate of drug-likeness (QED) is 0.866. The van der Waals surface area contributed by atoms with E-state index in [0.29, 0.717) is 0 Å². The second-order valence-corrected chi connectivity index (χ2v) is 4.11. The third-order valence-corrected chi connectivity index (χ3v) is 2.53. The summed E-state index contributed by atoms with van der Waals surface area (Å²) in [5.74, 6) is 0.972. The van der Waals surface area contributed by atoms with E-state index in [2.05, 4.69) is 41.4 Å². The number of halogens is 2. The Kier molecular flexibility index (Phi) is 11.0. The van der Waals surface area contributed by atoms with Crippen molar-refractivity contribution < 1.29 is 5.48 Å². The van der Waals surface area contributed by atoms with Crippen molar-refractivity contribution in [2.45, 2.75) is 0 Å². The van der Waals surface area contributed by atoms with Gasteiger partial charge in [0.1, 0.15) is 5.82 Å². The van der Waals surface area contributed by atoms with Crippen LogP contribution in [0, 0.1) is 0 Å². The largest absolute Gasteiger partial charge is 0.412 e. The maximum absolute atomic E-state index is 4.37. The Morgan fingerprint density at radius 2 is 1.79 bits per heavy atom. The molecule has 108 valence electrons. The Balaban J connectivity index is 0. The molecule has 0 saturated carbocycles. The molecule has 1 aromatic heterocycles. The number of nitrogens with zero attached hydrogens (tertiary/aromatic N) is 2. The molecule has 0 aliphatic rings. The SMILES string of the molecule is Br.Br.CN(C)CCNc1nccc2ccccc12.O. The summed E-state index contributed by atoms with van der Waals surface area (Å²) < 4.78 is 0. The molecule has 1 heterocycles. The Labute approximate surface area is 135 Å². The van der Waals surface area contributed by atoms with Gasteiger partial charge in [0.05, 0.1) is 0 Å². The monoisotopic (exact) mass is 393 g/mol. The minimum absolute atomic E-state index is 0. The van der Waals surface area contributed by atoms with Gasteiger partial charge in [-0.15, -0.1) is 34.0 Å². The van der Waals surface area contributed by atoms with Gasteiger partial charge in [-0.1, -0.05) is 24.3 Å². The Bertz CT molecular complexity index is 475. The molecular formula is C13H21Br2N3O. The Morgan fingerprint density at radius 1 is 1.11 bits per heavy atom. The lowest BCUT2D eigenvalue weighted by molar-refractivity contribution is 0.425. The predicted molar refractivity (Wildman–Crippen MR) is 93.0 cm³/mol.